The number of carbonyl (C=O) groups is 1. The van der Waals surface area contributed by atoms with Crippen LogP contribution < -0.4 is 5.32 Å². The van der Waals surface area contributed by atoms with Gasteiger partial charge in [-0.2, -0.15) is 0 Å². The average molecular weight is 297 g/mol. The number of hydrogen-bond acceptors (Lipinski definition) is 7. The number of anilines is 1. The molecule has 21 heavy (non-hydrogen) atoms. The molecule has 1 heterocycles. The van der Waals surface area contributed by atoms with E-state index in [-0.39, 0.29) is 5.78 Å². The van der Waals surface area contributed by atoms with Gasteiger partial charge in [0.1, 0.15) is 24.4 Å². The molecule has 0 amide bonds. The lowest BCUT2D eigenvalue weighted by Gasteiger charge is -2.40. The van der Waals surface area contributed by atoms with Gasteiger partial charge in [0.05, 0.1) is 6.61 Å². The van der Waals surface area contributed by atoms with Gasteiger partial charge in [0.2, 0.25) is 0 Å². The number of aliphatic hydroxyl groups is 4. The van der Waals surface area contributed by atoms with Gasteiger partial charge < -0.3 is 30.5 Å². The topological polar surface area (TPSA) is 119 Å². The molecule has 1 aromatic carbocycles. The molecule has 1 aliphatic rings. The van der Waals surface area contributed by atoms with Gasteiger partial charge in [-0.3, -0.25) is 4.79 Å². The standard InChI is InChI=1S/C14H19NO6/c1-7(17)8-2-4-9(5-3-8)15-14-13(20)12(19)11(18)10(6-16)21-14/h2-5,10-16,18-20H,6H2,1H3/t10?,11-,12?,13?,14-/m1/s1. The normalized spacial score (nSPS) is 32.7. The van der Waals surface area contributed by atoms with Crippen LogP contribution in [0, 0.1) is 0 Å². The summed E-state index contributed by atoms with van der Waals surface area (Å²) in [5, 5.41) is 41.2. The minimum absolute atomic E-state index is 0.0607. The summed E-state index contributed by atoms with van der Waals surface area (Å²) in [5.41, 5.74) is 1.12. The first-order valence-corrected chi connectivity index (χ1v) is 6.62. The van der Waals surface area contributed by atoms with Crippen molar-refractivity contribution in [3.63, 3.8) is 0 Å². The summed E-state index contributed by atoms with van der Waals surface area (Å²) in [6.45, 7) is 0.979. The highest BCUT2D eigenvalue weighted by Crippen LogP contribution is 2.23. The van der Waals surface area contributed by atoms with E-state index in [1.54, 1.807) is 24.3 Å². The van der Waals surface area contributed by atoms with Crippen LogP contribution in [0.3, 0.4) is 0 Å². The number of Topliss-reactive ketones (excluding diaryl/α,β-unsaturated/α-hetero) is 1. The molecule has 0 aliphatic carbocycles. The summed E-state index contributed by atoms with van der Waals surface area (Å²) >= 11 is 0. The molecule has 1 saturated heterocycles. The van der Waals surface area contributed by atoms with Crippen LogP contribution in [0.4, 0.5) is 5.69 Å². The van der Waals surface area contributed by atoms with Crippen LogP contribution in [0.1, 0.15) is 17.3 Å². The number of carbonyl (C=O) groups excluding carboxylic acids is 1. The molecule has 3 unspecified atom stereocenters. The molecule has 2 rings (SSSR count). The van der Waals surface area contributed by atoms with E-state index in [9.17, 15) is 20.1 Å². The van der Waals surface area contributed by atoms with Gasteiger partial charge in [-0.05, 0) is 31.2 Å². The van der Waals surface area contributed by atoms with Crippen molar-refractivity contribution in [3.8, 4) is 0 Å². The van der Waals surface area contributed by atoms with Crippen molar-refractivity contribution in [3.05, 3.63) is 29.8 Å². The van der Waals surface area contributed by atoms with Gasteiger partial charge >= 0.3 is 0 Å². The first kappa shape index (κ1) is 15.9. The zero-order valence-electron chi connectivity index (χ0n) is 11.5. The maximum atomic E-state index is 11.2. The Balaban J connectivity index is 2.08. The summed E-state index contributed by atoms with van der Waals surface area (Å²) in [5.74, 6) is -0.0607. The lowest BCUT2D eigenvalue weighted by Crippen LogP contribution is -2.60. The SMILES string of the molecule is CC(=O)c1ccc(N[C@@H]2OC(CO)[C@@H](O)C(O)C2O)cc1. The van der Waals surface area contributed by atoms with Crippen molar-refractivity contribution < 1.29 is 30.0 Å². The third kappa shape index (κ3) is 3.39. The van der Waals surface area contributed by atoms with Crippen molar-refractivity contribution in [1.29, 1.82) is 0 Å². The number of hydrogen-bond donors (Lipinski definition) is 5. The molecule has 0 bridgehead atoms. The van der Waals surface area contributed by atoms with Crippen LogP contribution in [-0.4, -0.2) is 63.5 Å². The Hall–Kier alpha value is -1.51. The summed E-state index contributed by atoms with van der Waals surface area (Å²) < 4.78 is 5.32. The Labute approximate surface area is 121 Å². The van der Waals surface area contributed by atoms with E-state index in [1.807, 2.05) is 0 Å². The Morgan fingerprint density at radius 1 is 1.14 bits per heavy atom. The fourth-order valence-electron chi connectivity index (χ4n) is 2.19. The Bertz CT molecular complexity index is 489. The van der Waals surface area contributed by atoms with Gasteiger partial charge in [0.15, 0.2) is 12.0 Å². The van der Waals surface area contributed by atoms with Crippen molar-refractivity contribution in [2.75, 3.05) is 11.9 Å². The minimum atomic E-state index is -1.43. The Morgan fingerprint density at radius 2 is 1.76 bits per heavy atom. The molecule has 5 atom stereocenters. The van der Waals surface area contributed by atoms with E-state index in [0.717, 1.165) is 0 Å². The van der Waals surface area contributed by atoms with Gasteiger partial charge in [-0.15, -0.1) is 0 Å². The van der Waals surface area contributed by atoms with E-state index >= 15 is 0 Å². The van der Waals surface area contributed by atoms with E-state index in [0.29, 0.717) is 11.3 Å². The minimum Gasteiger partial charge on any atom is -0.394 e. The maximum absolute atomic E-state index is 11.2. The fraction of sp³-hybridized carbons (Fsp3) is 0.500. The number of aliphatic hydroxyl groups excluding tert-OH is 4. The maximum Gasteiger partial charge on any atom is 0.159 e. The molecule has 5 N–H and O–H groups in total. The number of benzene rings is 1. The largest absolute Gasteiger partial charge is 0.394 e. The van der Waals surface area contributed by atoms with Gasteiger partial charge in [-0.1, -0.05) is 0 Å². The van der Waals surface area contributed by atoms with E-state index in [2.05, 4.69) is 5.32 Å². The molecule has 7 heteroatoms. The van der Waals surface area contributed by atoms with Crippen LogP contribution in [0.15, 0.2) is 24.3 Å². The smallest absolute Gasteiger partial charge is 0.159 e. The zero-order valence-corrected chi connectivity index (χ0v) is 11.5. The van der Waals surface area contributed by atoms with Crippen LogP contribution >= 0.6 is 0 Å². The van der Waals surface area contributed by atoms with Crippen molar-refractivity contribution in [1.82, 2.24) is 0 Å². The summed E-state index contributed by atoms with van der Waals surface area (Å²) in [7, 11) is 0. The second-order valence-electron chi connectivity index (χ2n) is 5.03. The second-order valence-corrected chi connectivity index (χ2v) is 5.03. The van der Waals surface area contributed by atoms with Crippen LogP contribution in [-0.2, 0) is 4.74 Å². The molecule has 0 radical (unpaired) electrons. The number of rotatable bonds is 4. The van der Waals surface area contributed by atoms with E-state index in [1.165, 1.54) is 6.92 Å². The Kier molecular flexibility index (Phi) is 4.92. The quantitative estimate of drug-likeness (QED) is 0.457. The molecule has 1 aromatic rings. The Morgan fingerprint density at radius 3 is 2.29 bits per heavy atom. The highest BCUT2D eigenvalue weighted by molar-refractivity contribution is 5.94. The lowest BCUT2D eigenvalue weighted by atomic mass is 9.98. The lowest BCUT2D eigenvalue weighted by molar-refractivity contribution is -0.221. The van der Waals surface area contributed by atoms with Crippen molar-refractivity contribution in [2.45, 2.75) is 37.6 Å². The molecule has 1 aliphatic heterocycles. The van der Waals surface area contributed by atoms with Gasteiger partial charge in [0, 0.05) is 11.3 Å². The van der Waals surface area contributed by atoms with E-state index in [4.69, 9.17) is 9.84 Å². The first-order valence-electron chi connectivity index (χ1n) is 6.62. The van der Waals surface area contributed by atoms with Gasteiger partial charge in [-0.25, -0.2) is 0 Å². The summed E-state index contributed by atoms with van der Waals surface area (Å²) in [4.78, 5) is 11.2. The zero-order chi connectivity index (χ0) is 15.6. The van der Waals surface area contributed by atoms with Crippen LogP contribution in [0.25, 0.3) is 0 Å². The first-order chi connectivity index (χ1) is 9.93. The summed E-state index contributed by atoms with van der Waals surface area (Å²) in [6.07, 6.45) is -6.11. The van der Waals surface area contributed by atoms with Crippen LogP contribution in [0.5, 0.6) is 0 Å². The third-order valence-electron chi connectivity index (χ3n) is 3.49. The third-order valence-corrected chi connectivity index (χ3v) is 3.49. The predicted octanol–water partition coefficient (Wildman–Crippen LogP) is -0.899. The van der Waals surface area contributed by atoms with Crippen molar-refractivity contribution >= 4 is 11.5 Å². The summed E-state index contributed by atoms with van der Waals surface area (Å²) in [6, 6.07) is 6.51. The predicted molar refractivity (Wildman–Crippen MR) is 73.8 cm³/mol. The fourth-order valence-corrected chi connectivity index (χ4v) is 2.19. The van der Waals surface area contributed by atoms with Crippen molar-refractivity contribution in [2.24, 2.45) is 0 Å². The molecular weight excluding hydrogens is 278 g/mol. The monoisotopic (exact) mass is 297 g/mol. The molecule has 0 saturated carbocycles. The number of nitrogens with one attached hydrogen (secondary N) is 1. The average Bonchev–Trinajstić information content (AvgIpc) is 2.48. The highest BCUT2D eigenvalue weighted by atomic mass is 16.6. The number of ether oxygens (including phenoxy) is 1. The number of ketones is 1. The molecule has 116 valence electrons. The van der Waals surface area contributed by atoms with E-state index < -0.39 is 37.3 Å². The molecule has 0 spiro atoms. The molecule has 7 nitrogen and oxygen atoms in total. The highest BCUT2D eigenvalue weighted by Gasteiger charge is 2.43. The van der Waals surface area contributed by atoms with Gasteiger partial charge in [0.25, 0.3) is 0 Å². The molecule has 0 aromatic heterocycles. The molecule has 1 fully saturated rings. The molecular formula is C14H19NO6. The van der Waals surface area contributed by atoms with Crippen LogP contribution in [0.2, 0.25) is 0 Å². The second kappa shape index (κ2) is 6.50.